The molecule has 5 nitrogen and oxygen atoms in total. The van der Waals surface area contributed by atoms with Crippen LogP contribution in [-0.2, 0) is 17.5 Å². The van der Waals surface area contributed by atoms with E-state index in [4.69, 9.17) is 0 Å². The van der Waals surface area contributed by atoms with E-state index in [1.54, 1.807) is 0 Å². The van der Waals surface area contributed by atoms with Crippen LogP contribution in [0, 0.1) is 10.8 Å². The molecule has 0 aliphatic carbocycles. The summed E-state index contributed by atoms with van der Waals surface area (Å²) in [4.78, 5) is 27.7. The lowest BCUT2D eigenvalue weighted by Crippen LogP contribution is -2.52. The number of urea groups is 1. The summed E-state index contributed by atoms with van der Waals surface area (Å²) in [6.07, 6.45) is -3.86. The fourth-order valence-electron chi connectivity index (χ4n) is 4.41. The molecule has 1 N–H and O–H groups in total. The lowest BCUT2D eigenvalue weighted by Gasteiger charge is -2.40. The minimum atomic E-state index is -4.46. The summed E-state index contributed by atoms with van der Waals surface area (Å²) in [5.74, 6) is -1.08. The van der Waals surface area contributed by atoms with E-state index < -0.39 is 35.2 Å². The van der Waals surface area contributed by atoms with Crippen molar-refractivity contribution < 1.29 is 27.9 Å². The average molecular weight is 414 g/mol. The topological polar surface area (TPSA) is 60.9 Å². The minimum Gasteiger partial charge on any atom is -0.480 e. The quantitative estimate of drug-likeness (QED) is 0.723. The predicted molar refractivity (Wildman–Crippen MR) is 103 cm³/mol. The standard InChI is InChI=1S/C21H29F3N2O3/c1-19(2,3)13-20(4,5)16(17(27)28)26-10-9-25(18(26)29)12-14-7-6-8-15(11-14)21(22,23)24/h6-8,11,16H,9-10,12-13H2,1-5H3,(H,27,28)/t16-/m1/s1. The zero-order valence-electron chi connectivity index (χ0n) is 17.5. The molecule has 0 aromatic heterocycles. The first kappa shape index (κ1) is 23.0. The summed E-state index contributed by atoms with van der Waals surface area (Å²) in [6, 6.07) is 3.37. The van der Waals surface area contributed by atoms with Gasteiger partial charge >= 0.3 is 18.2 Å². The van der Waals surface area contributed by atoms with Gasteiger partial charge in [0.15, 0.2) is 0 Å². The van der Waals surface area contributed by atoms with E-state index in [1.807, 2.05) is 34.6 Å². The highest BCUT2D eigenvalue weighted by molar-refractivity contribution is 5.84. The van der Waals surface area contributed by atoms with Crippen molar-refractivity contribution in [3.05, 3.63) is 35.4 Å². The highest BCUT2D eigenvalue weighted by Gasteiger charge is 2.46. The van der Waals surface area contributed by atoms with Crippen LogP contribution in [0.1, 0.15) is 52.2 Å². The van der Waals surface area contributed by atoms with Crippen molar-refractivity contribution in [3.63, 3.8) is 0 Å². The van der Waals surface area contributed by atoms with Gasteiger partial charge in [-0.05, 0) is 34.9 Å². The molecule has 2 rings (SSSR count). The summed E-state index contributed by atoms with van der Waals surface area (Å²) in [5.41, 5.74) is -1.21. The zero-order chi connectivity index (χ0) is 22.2. The van der Waals surface area contributed by atoms with E-state index in [9.17, 15) is 27.9 Å². The Morgan fingerprint density at radius 3 is 2.28 bits per heavy atom. The van der Waals surface area contributed by atoms with Crippen LogP contribution in [0.2, 0.25) is 0 Å². The second kappa shape index (κ2) is 7.88. The fraction of sp³-hybridized carbons (Fsp3) is 0.619. The Balaban J connectivity index is 2.20. The number of carbonyl (C=O) groups excluding carboxylic acids is 1. The maximum absolute atomic E-state index is 12.9. The van der Waals surface area contributed by atoms with Crippen LogP contribution in [0.5, 0.6) is 0 Å². The molecule has 0 radical (unpaired) electrons. The molecule has 1 aromatic rings. The molecular formula is C21H29F3N2O3. The van der Waals surface area contributed by atoms with Gasteiger partial charge in [0.1, 0.15) is 6.04 Å². The monoisotopic (exact) mass is 414 g/mol. The number of benzene rings is 1. The molecule has 1 aromatic carbocycles. The molecule has 2 amide bonds. The molecule has 0 bridgehead atoms. The van der Waals surface area contributed by atoms with Crippen LogP contribution < -0.4 is 0 Å². The Labute approximate surface area is 169 Å². The number of carbonyl (C=O) groups is 2. The van der Waals surface area contributed by atoms with Crippen molar-refractivity contribution >= 4 is 12.0 Å². The summed E-state index contributed by atoms with van der Waals surface area (Å²) < 4.78 is 38.8. The Kier molecular flexibility index (Phi) is 6.26. The normalized spacial score (nSPS) is 17.0. The van der Waals surface area contributed by atoms with Crippen molar-refractivity contribution in [2.75, 3.05) is 13.1 Å². The van der Waals surface area contributed by atoms with E-state index in [-0.39, 0.29) is 25.0 Å². The Morgan fingerprint density at radius 1 is 1.14 bits per heavy atom. The second-order valence-corrected chi connectivity index (χ2v) is 9.56. The van der Waals surface area contributed by atoms with Crippen molar-refractivity contribution in [2.45, 2.75) is 59.8 Å². The van der Waals surface area contributed by atoms with Crippen molar-refractivity contribution in [1.29, 1.82) is 0 Å². The predicted octanol–water partition coefficient (Wildman–Crippen LogP) is 4.86. The molecule has 162 valence electrons. The number of carboxylic acids is 1. The third kappa shape index (κ3) is 5.64. The number of hydrogen-bond acceptors (Lipinski definition) is 2. The van der Waals surface area contributed by atoms with E-state index >= 15 is 0 Å². The molecule has 1 aliphatic heterocycles. The highest BCUT2D eigenvalue weighted by atomic mass is 19.4. The first-order valence-electron chi connectivity index (χ1n) is 9.56. The number of halogens is 3. The van der Waals surface area contributed by atoms with Gasteiger partial charge in [-0.15, -0.1) is 0 Å². The Morgan fingerprint density at radius 2 is 1.76 bits per heavy atom. The molecule has 1 atom stereocenters. The van der Waals surface area contributed by atoms with E-state index in [2.05, 4.69) is 0 Å². The summed E-state index contributed by atoms with van der Waals surface area (Å²) >= 11 is 0. The fourth-order valence-corrected chi connectivity index (χ4v) is 4.41. The van der Waals surface area contributed by atoms with E-state index in [1.165, 1.54) is 21.9 Å². The second-order valence-electron chi connectivity index (χ2n) is 9.56. The summed E-state index contributed by atoms with van der Waals surface area (Å²) in [7, 11) is 0. The number of nitrogens with zero attached hydrogens (tertiary/aromatic N) is 2. The van der Waals surface area contributed by atoms with Gasteiger partial charge < -0.3 is 14.9 Å². The summed E-state index contributed by atoms with van der Waals surface area (Å²) in [6.45, 7) is 10.2. The SMILES string of the molecule is CC(C)(C)CC(C)(C)[C@@H](C(=O)O)N1CCN(Cc2cccc(C(F)(F)F)c2)C1=O. The van der Waals surface area contributed by atoms with Crippen LogP contribution in [0.15, 0.2) is 24.3 Å². The van der Waals surface area contributed by atoms with E-state index in [0.29, 0.717) is 12.0 Å². The van der Waals surface area contributed by atoms with Gasteiger partial charge in [0, 0.05) is 19.6 Å². The van der Waals surface area contributed by atoms with Gasteiger partial charge in [0.25, 0.3) is 0 Å². The Bertz CT molecular complexity index is 769. The lowest BCUT2D eigenvalue weighted by atomic mass is 9.71. The molecule has 8 heteroatoms. The van der Waals surface area contributed by atoms with Crippen molar-refractivity contribution in [1.82, 2.24) is 9.80 Å². The molecule has 1 saturated heterocycles. The third-order valence-electron chi connectivity index (χ3n) is 5.03. The first-order chi connectivity index (χ1) is 13.1. The zero-order valence-corrected chi connectivity index (χ0v) is 17.5. The molecular weight excluding hydrogens is 385 g/mol. The molecule has 1 fully saturated rings. The maximum Gasteiger partial charge on any atom is 0.416 e. The molecule has 0 spiro atoms. The number of alkyl halides is 3. The number of amides is 2. The molecule has 1 heterocycles. The van der Waals surface area contributed by atoms with Crippen LogP contribution in [0.25, 0.3) is 0 Å². The molecule has 1 aliphatic rings. The molecule has 29 heavy (non-hydrogen) atoms. The number of hydrogen-bond donors (Lipinski definition) is 1. The van der Waals surface area contributed by atoms with Crippen LogP contribution in [0.3, 0.4) is 0 Å². The van der Waals surface area contributed by atoms with Gasteiger partial charge in [0.2, 0.25) is 0 Å². The number of carboxylic acid groups (broad SMARTS) is 1. The largest absolute Gasteiger partial charge is 0.480 e. The first-order valence-corrected chi connectivity index (χ1v) is 9.56. The van der Waals surface area contributed by atoms with Gasteiger partial charge in [0.05, 0.1) is 5.56 Å². The van der Waals surface area contributed by atoms with Crippen molar-refractivity contribution in [2.24, 2.45) is 10.8 Å². The lowest BCUT2D eigenvalue weighted by molar-refractivity contribution is -0.147. The van der Waals surface area contributed by atoms with Crippen LogP contribution in [-0.4, -0.2) is 46.0 Å². The maximum atomic E-state index is 12.9. The number of aliphatic carboxylic acids is 1. The van der Waals surface area contributed by atoms with Crippen LogP contribution >= 0.6 is 0 Å². The smallest absolute Gasteiger partial charge is 0.416 e. The van der Waals surface area contributed by atoms with Gasteiger partial charge in [-0.2, -0.15) is 13.2 Å². The van der Waals surface area contributed by atoms with Crippen molar-refractivity contribution in [3.8, 4) is 0 Å². The van der Waals surface area contributed by atoms with Crippen LogP contribution in [0.4, 0.5) is 18.0 Å². The van der Waals surface area contributed by atoms with Gasteiger partial charge in [-0.25, -0.2) is 9.59 Å². The van der Waals surface area contributed by atoms with Gasteiger partial charge in [-0.3, -0.25) is 0 Å². The van der Waals surface area contributed by atoms with Gasteiger partial charge in [-0.1, -0.05) is 46.8 Å². The number of rotatable bonds is 6. The molecule has 0 unspecified atom stereocenters. The summed E-state index contributed by atoms with van der Waals surface area (Å²) in [5, 5.41) is 9.85. The van der Waals surface area contributed by atoms with E-state index in [0.717, 1.165) is 12.1 Å². The third-order valence-corrected chi connectivity index (χ3v) is 5.03. The Hall–Kier alpha value is -2.25. The average Bonchev–Trinajstić information content (AvgIpc) is 2.85. The highest BCUT2D eigenvalue weighted by Crippen LogP contribution is 2.39. The minimum absolute atomic E-state index is 0.00525. The molecule has 0 saturated carbocycles.